The van der Waals surface area contributed by atoms with Crippen LogP contribution in [0.4, 0.5) is 5.82 Å². The average molecular weight is 290 g/mol. The van der Waals surface area contributed by atoms with Crippen molar-refractivity contribution in [3.63, 3.8) is 0 Å². The molecule has 0 saturated heterocycles. The zero-order chi connectivity index (χ0) is 14.9. The normalized spacial score (nSPS) is 12.8. The van der Waals surface area contributed by atoms with E-state index in [1.807, 2.05) is 16.8 Å². The molecule has 2 aromatic rings. The highest BCUT2D eigenvalue weighted by atomic mass is 28.3. The van der Waals surface area contributed by atoms with Crippen molar-refractivity contribution in [3.8, 4) is 0 Å². The van der Waals surface area contributed by atoms with Gasteiger partial charge in [0, 0.05) is 6.20 Å². The zero-order valence-electron chi connectivity index (χ0n) is 13.4. The maximum Gasteiger partial charge on any atom is 0.162 e. The topological polar surface area (TPSA) is 42.2 Å². The summed E-state index contributed by atoms with van der Waals surface area (Å²) in [6, 6.07) is 4.08. The van der Waals surface area contributed by atoms with Gasteiger partial charge in [0.15, 0.2) is 8.24 Å². The van der Waals surface area contributed by atoms with Crippen molar-refractivity contribution in [2.75, 3.05) is 4.98 Å². The van der Waals surface area contributed by atoms with Crippen molar-refractivity contribution in [2.45, 2.75) is 58.2 Å². The molecule has 0 unspecified atom stereocenters. The van der Waals surface area contributed by atoms with Gasteiger partial charge in [-0.3, -0.25) is 0 Å². The van der Waals surface area contributed by atoms with E-state index in [-0.39, 0.29) is 0 Å². The molecular formula is C15H26N4Si. The summed E-state index contributed by atoms with van der Waals surface area (Å²) in [4.78, 5) is 8.39. The van der Waals surface area contributed by atoms with Gasteiger partial charge in [0.25, 0.3) is 0 Å². The zero-order valence-corrected chi connectivity index (χ0v) is 14.4. The molecule has 0 aliphatic rings. The predicted octanol–water partition coefficient (Wildman–Crippen LogP) is 4.32. The molecule has 0 atom stereocenters. The van der Waals surface area contributed by atoms with Crippen LogP contribution >= 0.6 is 0 Å². The lowest BCUT2D eigenvalue weighted by Gasteiger charge is -2.43. The molecule has 0 saturated carbocycles. The maximum absolute atomic E-state index is 4.50. The maximum atomic E-state index is 4.50. The molecular weight excluding hydrogens is 264 g/mol. The minimum absolute atomic E-state index is 0.646. The first kappa shape index (κ1) is 15.0. The molecule has 1 N–H and O–H groups in total. The van der Waals surface area contributed by atoms with Crippen LogP contribution in [-0.4, -0.2) is 22.8 Å². The van der Waals surface area contributed by atoms with Crippen molar-refractivity contribution in [1.82, 2.24) is 14.6 Å². The van der Waals surface area contributed by atoms with E-state index >= 15 is 0 Å². The minimum atomic E-state index is -1.71. The molecule has 0 aliphatic carbocycles. The Morgan fingerprint density at radius 3 is 2.20 bits per heavy atom. The SMILES string of the molecule is CC(C)[Si](Nc1ncnn2cccc12)(C(C)C)C(C)C. The molecule has 4 nitrogen and oxygen atoms in total. The van der Waals surface area contributed by atoms with E-state index in [4.69, 9.17) is 0 Å². The van der Waals surface area contributed by atoms with Crippen LogP contribution in [0.3, 0.4) is 0 Å². The fourth-order valence-corrected chi connectivity index (χ4v) is 9.07. The van der Waals surface area contributed by atoms with Gasteiger partial charge in [-0.25, -0.2) is 9.50 Å². The molecule has 2 aromatic heterocycles. The van der Waals surface area contributed by atoms with Gasteiger partial charge >= 0.3 is 0 Å². The van der Waals surface area contributed by atoms with Crippen LogP contribution in [0, 0.1) is 0 Å². The Labute approximate surface area is 122 Å². The third-order valence-corrected chi connectivity index (χ3v) is 10.9. The van der Waals surface area contributed by atoms with Crippen molar-refractivity contribution in [3.05, 3.63) is 24.7 Å². The summed E-state index contributed by atoms with van der Waals surface area (Å²) in [7, 11) is -1.71. The Hall–Kier alpha value is -1.36. The molecule has 2 rings (SSSR count). The van der Waals surface area contributed by atoms with Crippen LogP contribution in [0.15, 0.2) is 24.7 Å². The highest BCUT2D eigenvalue weighted by Gasteiger charge is 2.44. The Balaban J connectivity index is 2.49. The summed E-state index contributed by atoms with van der Waals surface area (Å²) in [5.41, 5.74) is 3.00. The van der Waals surface area contributed by atoms with Crippen LogP contribution in [0.1, 0.15) is 41.5 Å². The summed E-state index contributed by atoms with van der Waals surface area (Å²) in [6.45, 7) is 14.1. The van der Waals surface area contributed by atoms with Gasteiger partial charge in [-0.2, -0.15) is 5.10 Å². The van der Waals surface area contributed by atoms with Crippen molar-refractivity contribution < 1.29 is 0 Å². The molecule has 0 amide bonds. The van der Waals surface area contributed by atoms with Crippen LogP contribution < -0.4 is 4.98 Å². The second kappa shape index (κ2) is 5.56. The summed E-state index contributed by atoms with van der Waals surface area (Å²) in [6.07, 6.45) is 3.60. The van der Waals surface area contributed by atoms with E-state index in [0.717, 1.165) is 11.3 Å². The van der Waals surface area contributed by atoms with Gasteiger partial charge in [0.2, 0.25) is 0 Å². The monoisotopic (exact) mass is 290 g/mol. The molecule has 0 aromatic carbocycles. The van der Waals surface area contributed by atoms with Crippen molar-refractivity contribution in [2.24, 2.45) is 0 Å². The Morgan fingerprint density at radius 2 is 1.65 bits per heavy atom. The molecule has 0 spiro atoms. The molecule has 5 heteroatoms. The summed E-state index contributed by atoms with van der Waals surface area (Å²) in [5, 5.41) is 4.25. The number of hydrogen-bond acceptors (Lipinski definition) is 3. The van der Waals surface area contributed by atoms with E-state index in [1.54, 1.807) is 6.33 Å². The van der Waals surface area contributed by atoms with E-state index in [0.29, 0.717) is 16.6 Å². The molecule has 0 aliphatic heterocycles. The van der Waals surface area contributed by atoms with E-state index in [2.05, 4.69) is 62.7 Å². The average Bonchev–Trinajstić information content (AvgIpc) is 2.83. The third-order valence-electron chi connectivity index (χ3n) is 4.53. The molecule has 0 radical (unpaired) electrons. The minimum Gasteiger partial charge on any atom is -0.393 e. The van der Waals surface area contributed by atoms with Gasteiger partial charge in [0.05, 0.1) is 0 Å². The van der Waals surface area contributed by atoms with E-state index in [1.165, 1.54) is 0 Å². The Kier molecular flexibility index (Phi) is 4.18. The second-order valence-corrected chi connectivity index (χ2v) is 12.0. The second-order valence-electron chi connectivity index (χ2n) is 6.47. The Morgan fingerprint density at radius 1 is 1.05 bits per heavy atom. The standard InChI is InChI=1S/C15H26N4Si/c1-11(2)20(12(3)4,13(5)6)18-15-14-8-7-9-19(14)17-10-16-15/h7-13H,1-6H3,(H,16,17,18). The quantitative estimate of drug-likeness (QED) is 0.834. The van der Waals surface area contributed by atoms with Crippen LogP contribution in [0.5, 0.6) is 0 Å². The fraction of sp³-hybridized carbons (Fsp3) is 0.600. The largest absolute Gasteiger partial charge is 0.393 e. The first-order valence-corrected chi connectivity index (χ1v) is 9.69. The number of rotatable bonds is 5. The third kappa shape index (κ3) is 2.35. The highest BCUT2D eigenvalue weighted by Crippen LogP contribution is 2.41. The number of aromatic nitrogens is 3. The Bertz CT molecular complexity index is 552. The van der Waals surface area contributed by atoms with Gasteiger partial charge in [-0.1, -0.05) is 41.5 Å². The van der Waals surface area contributed by atoms with Crippen molar-refractivity contribution in [1.29, 1.82) is 0 Å². The molecule has 20 heavy (non-hydrogen) atoms. The molecule has 110 valence electrons. The number of anilines is 1. The number of nitrogens with one attached hydrogen (secondary N) is 1. The highest BCUT2D eigenvalue weighted by molar-refractivity contribution is 6.86. The smallest absolute Gasteiger partial charge is 0.162 e. The molecule has 0 fully saturated rings. The lowest BCUT2D eigenvalue weighted by atomic mass is 10.5. The lowest BCUT2D eigenvalue weighted by molar-refractivity contribution is 0.817. The van der Waals surface area contributed by atoms with Crippen LogP contribution in [0.25, 0.3) is 5.52 Å². The summed E-state index contributed by atoms with van der Waals surface area (Å²) < 4.78 is 1.88. The number of hydrogen-bond donors (Lipinski definition) is 1. The van der Waals surface area contributed by atoms with E-state index in [9.17, 15) is 0 Å². The lowest BCUT2D eigenvalue weighted by Crippen LogP contribution is -2.52. The predicted molar refractivity (Wildman–Crippen MR) is 87.7 cm³/mol. The van der Waals surface area contributed by atoms with E-state index < -0.39 is 8.24 Å². The summed E-state index contributed by atoms with van der Waals surface area (Å²) in [5.74, 6) is 0.979. The van der Waals surface area contributed by atoms with Gasteiger partial charge in [-0.15, -0.1) is 0 Å². The number of nitrogens with zero attached hydrogens (tertiary/aromatic N) is 3. The number of fused-ring (bicyclic) bond motifs is 1. The van der Waals surface area contributed by atoms with Crippen LogP contribution in [0.2, 0.25) is 16.6 Å². The first-order chi connectivity index (χ1) is 9.39. The molecule has 2 heterocycles. The van der Waals surface area contributed by atoms with Gasteiger partial charge < -0.3 is 4.98 Å². The molecule has 0 bridgehead atoms. The van der Waals surface area contributed by atoms with Gasteiger partial charge in [0.1, 0.15) is 17.7 Å². The van der Waals surface area contributed by atoms with Crippen LogP contribution in [-0.2, 0) is 0 Å². The summed E-state index contributed by atoms with van der Waals surface area (Å²) >= 11 is 0. The first-order valence-electron chi connectivity index (χ1n) is 7.46. The van der Waals surface area contributed by atoms with Gasteiger partial charge in [-0.05, 0) is 28.8 Å². The fourth-order valence-electron chi connectivity index (χ4n) is 3.60. The van der Waals surface area contributed by atoms with Crippen molar-refractivity contribution >= 4 is 19.6 Å².